The zero-order valence-electron chi connectivity index (χ0n) is 20.4. The molecule has 1 fully saturated rings. The van der Waals surface area contributed by atoms with Crippen molar-refractivity contribution in [2.45, 2.75) is 58.5 Å². The molecule has 0 spiro atoms. The second kappa shape index (κ2) is 10.9. The zero-order valence-corrected chi connectivity index (χ0v) is 20.4. The van der Waals surface area contributed by atoms with Crippen molar-refractivity contribution in [2.24, 2.45) is 5.41 Å². The van der Waals surface area contributed by atoms with E-state index in [4.69, 9.17) is 4.74 Å². The molecule has 1 saturated heterocycles. The summed E-state index contributed by atoms with van der Waals surface area (Å²) in [5.41, 5.74) is 2.73. The summed E-state index contributed by atoms with van der Waals surface area (Å²) >= 11 is 0. The number of ether oxygens (including phenoxy) is 1. The van der Waals surface area contributed by atoms with Gasteiger partial charge in [-0.3, -0.25) is 9.59 Å². The van der Waals surface area contributed by atoms with Crippen LogP contribution in [0, 0.1) is 5.41 Å². The van der Waals surface area contributed by atoms with E-state index in [2.05, 4.69) is 5.43 Å². The lowest BCUT2D eigenvalue weighted by Gasteiger charge is -2.38. The first-order valence-electron chi connectivity index (χ1n) is 11.9. The Kier molecular flexibility index (Phi) is 8.19. The summed E-state index contributed by atoms with van der Waals surface area (Å²) in [6, 6.07) is 15.2. The third kappa shape index (κ3) is 5.83. The van der Waals surface area contributed by atoms with Crippen LogP contribution in [0.25, 0.3) is 0 Å². The average Bonchev–Trinajstić information content (AvgIpc) is 3.28. The van der Waals surface area contributed by atoms with Crippen LogP contribution in [-0.2, 0) is 25.6 Å². The molecule has 2 aromatic carbocycles. The van der Waals surface area contributed by atoms with E-state index in [1.165, 1.54) is 0 Å². The number of likely N-dealkylation sites (tertiary alicyclic amines) is 1. The number of para-hydroxylation sites is 1. The van der Waals surface area contributed by atoms with Crippen LogP contribution in [0.3, 0.4) is 0 Å². The molecule has 2 N–H and O–H groups in total. The highest BCUT2D eigenvalue weighted by atomic mass is 16.5. The Balaban J connectivity index is 2.00. The quantitative estimate of drug-likeness (QED) is 0.232. The highest BCUT2D eigenvalue weighted by Crippen LogP contribution is 2.32. The first-order chi connectivity index (χ1) is 16.6. The summed E-state index contributed by atoms with van der Waals surface area (Å²) in [5.74, 6) is -3.00. The second-order valence-electron chi connectivity index (χ2n) is 9.57. The second-order valence-corrected chi connectivity index (χ2v) is 9.57. The van der Waals surface area contributed by atoms with Crippen molar-refractivity contribution < 1.29 is 33.6 Å². The lowest BCUT2D eigenvalue weighted by Crippen LogP contribution is -2.72. The molecular weight excluding hydrogens is 448 g/mol. The van der Waals surface area contributed by atoms with Crippen LogP contribution in [0.2, 0.25) is 0 Å². The topological polar surface area (TPSA) is 110 Å². The number of esters is 1. The number of carbonyl (C=O) groups is 4. The largest absolute Gasteiger partial charge is 0.480 e. The Morgan fingerprint density at radius 2 is 1.66 bits per heavy atom. The molecule has 3 atom stereocenters. The molecule has 8 nitrogen and oxygen atoms in total. The van der Waals surface area contributed by atoms with E-state index >= 15 is 0 Å². The molecule has 0 bridgehead atoms. The van der Waals surface area contributed by atoms with Gasteiger partial charge >= 0.3 is 17.8 Å². The predicted octanol–water partition coefficient (Wildman–Crippen LogP) is 3.30. The van der Waals surface area contributed by atoms with Crippen molar-refractivity contribution in [2.75, 3.05) is 6.54 Å². The van der Waals surface area contributed by atoms with Crippen LogP contribution >= 0.6 is 0 Å². The lowest BCUT2D eigenvalue weighted by molar-refractivity contribution is -0.901. The summed E-state index contributed by atoms with van der Waals surface area (Å²) < 4.78 is 4.78. The van der Waals surface area contributed by atoms with Gasteiger partial charge in [0.1, 0.15) is 12.3 Å². The third-order valence-electron chi connectivity index (χ3n) is 6.78. The molecule has 35 heavy (non-hydrogen) atoms. The highest BCUT2D eigenvalue weighted by Gasteiger charge is 2.59. The molecule has 1 amide bonds. The Morgan fingerprint density at radius 3 is 2.23 bits per heavy atom. The van der Waals surface area contributed by atoms with E-state index in [-0.39, 0.29) is 19.4 Å². The van der Waals surface area contributed by atoms with Crippen LogP contribution in [-0.4, -0.2) is 52.0 Å². The van der Waals surface area contributed by atoms with Crippen molar-refractivity contribution in [3.63, 3.8) is 0 Å². The van der Waals surface area contributed by atoms with E-state index in [0.717, 1.165) is 5.56 Å². The number of quaternary nitrogens is 1. The minimum Gasteiger partial charge on any atom is -0.480 e. The van der Waals surface area contributed by atoms with Gasteiger partial charge in [0.05, 0.1) is 0 Å². The molecule has 1 heterocycles. The van der Waals surface area contributed by atoms with Crippen LogP contribution in [0.5, 0.6) is 5.75 Å². The maximum atomic E-state index is 13.8. The van der Waals surface area contributed by atoms with E-state index in [0.29, 0.717) is 18.6 Å². The number of nitrogens with one attached hydrogen (secondary N) is 1. The minimum atomic E-state index is -1.20. The Labute approximate surface area is 205 Å². The van der Waals surface area contributed by atoms with Gasteiger partial charge in [-0.1, -0.05) is 69.3 Å². The number of carboxylic acid groups (broad SMARTS) is 1. The van der Waals surface area contributed by atoms with Gasteiger partial charge in [-0.15, -0.1) is 5.43 Å². The standard InChI is InChI=1S/C27H32N2O6/c1-4-27(2,3)23(30)24(31)29(28-21(25(32)33)18-19-12-7-5-8-13-19)17-11-16-22(29)26(34)35-20-14-9-6-10-15-20/h5-10,12-15,21-22,28H,4,11,16-18H2,1-3H3/p+1/t21-,22-,29?/m0/s1. The molecule has 0 aliphatic carbocycles. The zero-order chi connectivity index (χ0) is 25.6. The Hall–Kier alpha value is -3.36. The molecule has 0 saturated carbocycles. The van der Waals surface area contributed by atoms with Crippen molar-refractivity contribution in [3.8, 4) is 5.75 Å². The number of carboxylic acids is 1. The number of Topliss-reactive ketones (excluding diaryl/α,β-unsaturated/α-hetero) is 1. The maximum Gasteiger partial charge on any atom is 0.402 e. The number of carbonyl (C=O) groups excluding carboxylic acids is 3. The van der Waals surface area contributed by atoms with Crippen LogP contribution < -0.4 is 10.2 Å². The first-order valence-corrected chi connectivity index (χ1v) is 11.9. The van der Waals surface area contributed by atoms with Gasteiger partial charge in [-0.05, 0) is 24.1 Å². The summed E-state index contributed by atoms with van der Waals surface area (Å²) in [5, 5.41) is 10.0. The van der Waals surface area contributed by atoms with E-state index in [1.54, 1.807) is 68.4 Å². The number of hydrogen-bond acceptors (Lipinski definition) is 6. The van der Waals surface area contributed by atoms with Gasteiger partial charge < -0.3 is 9.84 Å². The van der Waals surface area contributed by atoms with Crippen LogP contribution in [0.4, 0.5) is 0 Å². The fraction of sp³-hybridized carbons (Fsp3) is 0.407. The molecule has 3 rings (SSSR count). The monoisotopic (exact) mass is 481 g/mol. The van der Waals surface area contributed by atoms with Gasteiger partial charge in [-0.25, -0.2) is 9.59 Å². The van der Waals surface area contributed by atoms with Gasteiger partial charge in [0.15, 0.2) is 6.04 Å². The molecule has 0 radical (unpaired) electrons. The van der Waals surface area contributed by atoms with Gasteiger partial charge in [0, 0.05) is 24.7 Å². The molecule has 1 aliphatic rings. The fourth-order valence-corrected chi connectivity index (χ4v) is 4.28. The molecule has 1 aliphatic heterocycles. The van der Waals surface area contributed by atoms with Gasteiger partial charge in [0.2, 0.25) is 6.04 Å². The normalized spacial score (nSPS) is 20.7. The number of benzene rings is 2. The van der Waals surface area contributed by atoms with Gasteiger partial charge in [0.25, 0.3) is 5.78 Å². The molecular formula is C27H33N2O6+. The van der Waals surface area contributed by atoms with Gasteiger partial charge in [-0.2, -0.15) is 4.59 Å². The molecule has 0 aromatic heterocycles. The van der Waals surface area contributed by atoms with Crippen LogP contribution in [0.1, 0.15) is 45.6 Å². The summed E-state index contributed by atoms with van der Waals surface area (Å²) in [4.78, 5) is 52.7. The number of amides is 1. The number of hydrogen-bond donors (Lipinski definition) is 2. The summed E-state index contributed by atoms with van der Waals surface area (Å²) in [6.07, 6.45) is 1.23. The molecule has 1 unspecified atom stereocenters. The van der Waals surface area contributed by atoms with E-state index < -0.39 is 45.7 Å². The Bertz CT molecular complexity index is 1070. The Morgan fingerprint density at radius 1 is 1.06 bits per heavy atom. The third-order valence-corrected chi connectivity index (χ3v) is 6.78. The van der Waals surface area contributed by atoms with E-state index in [1.807, 2.05) is 13.0 Å². The van der Waals surface area contributed by atoms with E-state index in [9.17, 15) is 24.3 Å². The summed E-state index contributed by atoms with van der Waals surface area (Å²) in [7, 11) is 0. The van der Waals surface area contributed by atoms with Crippen LogP contribution in [0.15, 0.2) is 60.7 Å². The van der Waals surface area contributed by atoms with Crippen molar-refractivity contribution in [3.05, 3.63) is 66.2 Å². The van der Waals surface area contributed by atoms with Crippen molar-refractivity contribution in [1.82, 2.24) is 5.43 Å². The SMILES string of the molecule is CCC(C)(C)C(=O)C(=O)[N+]1(N[C@@H](Cc2ccccc2)C(=O)O)CCC[C@H]1C(=O)Oc1ccccc1. The number of aliphatic carboxylic acids is 1. The first kappa shape index (κ1) is 26.2. The van der Waals surface area contributed by atoms with Crippen molar-refractivity contribution >= 4 is 23.6 Å². The molecule has 186 valence electrons. The minimum absolute atomic E-state index is 0.0786. The number of ketones is 1. The maximum absolute atomic E-state index is 13.8. The summed E-state index contributed by atoms with van der Waals surface area (Å²) in [6.45, 7) is 5.27. The molecule has 2 aromatic rings. The number of nitrogens with zero attached hydrogens (tertiary/aromatic N) is 1. The lowest BCUT2D eigenvalue weighted by atomic mass is 9.84. The predicted molar refractivity (Wildman–Crippen MR) is 129 cm³/mol. The van der Waals surface area contributed by atoms with Crippen molar-refractivity contribution in [1.29, 1.82) is 0 Å². The highest BCUT2D eigenvalue weighted by molar-refractivity contribution is 6.35. The fourth-order valence-electron chi connectivity index (χ4n) is 4.28. The number of rotatable bonds is 10. The average molecular weight is 482 g/mol. The smallest absolute Gasteiger partial charge is 0.402 e. The molecule has 8 heteroatoms.